The van der Waals surface area contributed by atoms with Gasteiger partial charge in [-0.3, -0.25) is 14.5 Å². The van der Waals surface area contributed by atoms with Gasteiger partial charge >= 0.3 is 6.03 Å². The highest BCUT2D eigenvalue weighted by molar-refractivity contribution is 7.90. The Morgan fingerprint density at radius 2 is 2.00 bits per heavy atom. The molecule has 25 heavy (non-hydrogen) atoms. The second-order valence-electron chi connectivity index (χ2n) is 5.93. The van der Waals surface area contributed by atoms with Gasteiger partial charge in [-0.1, -0.05) is 0 Å². The summed E-state index contributed by atoms with van der Waals surface area (Å²) < 4.78 is 27.7. The Labute approximate surface area is 146 Å². The van der Waals surface area contributed by atoms with Gasteiger partial charge in [0.05, 0.1) is 19.4 Å². The van der Waals surface area contributed by atoms with Crippen molar-refractivity contribution >= 4 is 27.6 Å². The molecule has 9 heteroatoms. The molecule has 1 fully saturated rings. The van der Waals surface area contributed by atoms with Gasteiger partial charge in [0.25, 0.3) is 5.91 Å². The molecule has 0 bridgehead atoms. The van der Waals surface area contributed by atoms with Crippen molar-refractivity contribution in [3.8, 4) is 5.75 Å². The molecule has 3 amide bonds. The topological polar surface area (TPSA) is 110 Å². The predicted octanol–water partition coefficient (Wildman–Crippen LogP) is 0.753. The van der Waals surface area contributed by atoms with Gasteiger partial charge in [-0.2, -0.15) is 0 Å². The lowest BCUT2D eigenvalue weighted by Gasteiger charge is -2.16. The Balaban J connectivity index is 2.19. The number of carbonyl (C=O) groups excluding carboxylic acids is 3. The van der Waals surface area contributed by atoms with E-state index in [0.29, 0.717) is 16.9 Å². The number of ether oxygens (including phenoxy) is 1. The fourth-order valence-electron chi connectivity index (χ4n) is 2.55. The zero-order valence-electron chi connectivity index (χ0n) is 14.2. The molecule has 1 atom stereocenters. The number of nitrogens with one attached hydrogen (secondary N) is 1. The molecule has 0 unspecified atom stereocenters. The van der Waals surface area contributed by atoms with Crippen LogP contribution in [0.1, 0.15) is 29.3 Å². The third-order valence-corrected chi connectivity index (χ3v) is 4.88. The number of rotatable bonds is 7. The summed E-state index contributed by atoms with van der Waals surface area (Å²) in [7, 11) is -1.78. The van der Waals surface area contributed by atoms with Crippen LogP contribution >= 0.6 is 0 Å². The SMILES string of the molecule is COc1ccc(C(C)=O)cc1CN1C(=O)N[C@@H](CCS(C)(=O)=O)C1=O. The maximum Gasteiger partial charge on any atom is 0.325 e. The van der Waals surface area contributed by atoms with E-state index in [1.165, 1.54) is 14.0 Å². The van der Waals surface area contributed by atoms with Gasteiger partial charge in [0, 0.05) is 17.4 Å². The molecule has 0 aliphatic carbocycles. The number of sulfone groups is 1. The van der Waals surface area contributed by atoms with Crippen molar-refractivity contribution in [1.29, 1.82) is 0 Å². The van der Waals surface area contributed by atoms with Crippen molar-refractivity contribution in [2.24, 2.45) is 0 Å². The van der Waals surface area contributed by atoms with Crippen molar-refractivity contribution in [3.05, 3.63) is 29.3 Å². The standard InChI is InChI=1S/C16H20N2O6S/c1-10(19)11-4-5-14(24-2)12(8-11)9-18-15(20)13(17-16(18)21)6-7-25(3,22)23/h4-5,8,13H,6-7,9H2,1-3H3,(H,17,21)/t13-/m0/s1. The zero-order chi connectivity index (χ0) is 18.8. The number of urea groups is 1. The van der Waals surface area contributed by atoms with Crippen molar-refractivity contribution in [2.75, 3.05) is 19.1 Å². The maximum atomic E-state index is 12.4. The molecular weight excluding hydrogens is 348 g/mol. The molecular formula is C16H20N2O6S. The van der Waals surface area contributed by atoms with Gasteiger partial charge in [-0.15, -0.1) is 0 Å². The highest BCUT2D eigenvalue weighted by Crippen LogP contribution is 2.24. The Morgan fingerprint density at radius 1 is 1.32 bits per heavy atom. The Bertz CT molecular complexity index is 818. The van der Waals surface area contributed by atoms with Crippen LogP contribution in [0.3, 0.4) is 0 Å². The average Bonchev–Trinajstić information content (AvgIpc) is 2.79. The van der Waals surface area contributed by atoms with Gasteiger partial charge in [0.1, 0.15) is 21.6 Å². The minimum atomic E-state index is -3.23. The summed E-state index contributed by atoms with van der Waals surface area (Å²) in [6.45, 7) is 1.35. The van der Waals surface area contributed by atoms with Gasteiger partial charge in [-0.25, -0.2) is 13.2 Å². The first kappa shape index (κ1) is 18.9. The third-order valence-electron chi connectivity index (χ3n) is 3.90. The summed E-state index contributed by atoms with van der Waals surface area (Å²) in [4.78, 5) is 37.0. The molecule has 1 aromatic rings. The number of ketones is 1. The molecule has 0 aromatic heterocycles. The van der Waals surface area contributed by atoms with Crippen LogP contribution in [0.4, 0.5) is 4.79 Å². The van der Waals surface area contributed by atoms with Crippen molar-refractivity contribution in [2.45, 2.75) is 25.9 Å². The lowest BCUT2D eigenvalue weighted by atomic mass is 10.1. The summed E-state index contributed by atoms with van der Waals surface area (Å²) in [6, 6.07) is 3.31. The third kappa shape index (κ3) is 4.56. The summed E-state index contributed by atoms with van der Waals surface area (Å²) in [6.07, 6.45) is 1.09. The molecule has 1 aliphatic heterocycles. The van der Waals surface area contributed by atoms with E-state index in [9.17, 15) is 22.8 Å². The van der Waals surface area contributed by atoms with E-state index >= 15 is 0 Å². The van der Waals surface area contributed by atoms with E-state index in [1.54, 1.807) is 18.2 Å². The Hall–Kier alpha value is -2.42. The van der Waals surface area contributed by atoms with Crippen molar-refractivity contribution in [1.82, 2.24) is 10.2 Å². The summed E-state index contributed by atoms with van der Waals surface area (Å²) in [5, 5.41) is 2.49. The zero-order valence-corrected chi connectivity index (χ0v) is 15.1. The molecule has 1 saturated heterocycles. The number of methoxy groups -OCH3 is 1. The van der Waals surface area contributed by atoms with Crippen LogP contribution in [0.15, 0.2) is 18.2 Å². The van der Waals surface area contributed by atoms with Crippen LogP contribution in [0.5, 0.6) is 5.75 Å². The highest BCUT2D eigenvalue weighted by Gasteiger charge is 2.38. The summed E-state index contributed by atoms with van der Waals surface area (Å²) in [5.41, 5.74) is 0.957. The summed E-state index contributed by atoms with van der Waals surface area (Å²) >= 11 is 0. The molecule has 0 spiro atoms. The molecule has 1 N–H and O–H groups in total. The number of benzene rings is 1. The normalized spacial score (nSPS) is 17.6. The van der Waals surface area contributed by atoms with E-state index in [4.69, 9.17) is 4.74 Å². The molecule has 1 aliphatic rings. The lowest BCUT2D eigenvalue weighted by Crippen LogP contribution is -2.32. The number of Topliss-reactive ketones (excluding diaryl/α,β-unsaturated/α-hetero) is 1. The maximum absolute atomic E-state index is 12.4. The fraction of sp³-hybridized carbons (Fsp3) is 0.438. The van der Waals surface area contributed by atoms with Crippen LogP contribution in [0, 0.1) is 0 Å². The van der Waals surface area contributed by atoms with Gasteiger partial charge in [0.2, 0.25) is 0 Å². The molecule has 0 radical (unpaired) electrons. The van der Waals surface area contributed by atoms with Gasteiger partial charge < -0.3 is 10.1 Å². The molecule has 1 heterocycles. The number of amides is 3. The minimum Gasteiger partial charge on any atom is -0.496 e. The van der Waals surface area contributed by atoms with Gasteiger partial charge in [-0.05, 0) is 31.5 Å². The smallest absolute Gasteiger partial charge is 0.325 e. The quantitative estimate of drug-likeness (QED) is 0.562. The average molecular weight is 368 g/mol. The molecule has 2 rings (SSSR count). The number of imide groups is 1. The first-order valence-electron chi connectivity index (χ1n) is 7.60. The van der Waals surface area contributed by atoms with E-state index in [2.05, 4.69) is 5.32 Å². The van der Waals surface area contributed by atoms with Gasteiger partial charge in [0.15, 0.2) is 5.78 Å². The molecule has 136 valence electrons. The minimum absolute atomic E-state index is 0.0184. The molecule has 0 saturated carbocycles. The number of carbonyl (C=O) groups is 3. The fourth-order valence-corrected chi connectivity index (χ4v) is 3.21. The number of hydrogen-bond donors (Lipinski definition) is 1. The van der Waals surface area contributed by atoms with E-state index in [1.807, 2.05) is 0 Å². The second-order valence-corrected chi connectivity index (χ2v) is 8.19. The molecule has 8 nitrogen and oxygen atoms in total. The number of nitrogens with zero attached hydrogens (tertiary/aromatic N) is 1. The van der Waals surface area contributed by atoms with Crippen molar-refractivity contribution in [3.63, 3.8) is 0 Å². The van der Waals surface area contributed by atoms with Crippen LogP contribution < -0.4 is 10.1 Å². The molecule has 1 aromatic carbocycles. The van der Waals surface area contributed by atoms with Crippen LogP contribution in [-0.2, 0) is 21.2 Å². The first-order chi connectivity index (χ1) is 11.6. The van der Waals surface area contributed by atoms with Crippen LogP contribution in [-0.4, -0.2) is 56.2 Å². The monoisotopic (exact) mass is 368 g/mol. The van der Waals surface area contributed by atoms with E-state index in [0.717, 1.165) is 11.2 Å². The highest BCUT2D eigenvalue weighted by atomic mass is 32.2. The number of hydrogen-bond acceptors (Lipinski definition) is 6. The Kier molecular flexibility index (Phi) is 5.46. The first-order valence-corrected chi connectivity index (χ1v) is 9.66. The van der Waals surface area contributed by atoms with Crippen LogP contribution in [0.2, 0.25) is 0 Å². The van der Waals surface area contributed by atoms with Crippen molar-refractivity contribution < 1.29 is 27.5 Å². The van der Waals surface area contributed by atoms with E-state index < -0.39 is 27.8 Å². The Morgan fingerprint density at radius 3 is 2.56 bits per heavy atom. The lowest BCUT2D eigenvalue weighted by molar-refractivity contribution is -0.127. The largest absolute Gasteiger partial charge is 0.496 e. The van der Waals surface area contributed by atoms with E-state index in [-0.39, 0.29) is 24.5 Å². The summed E-state index contributed by atoms with van der Waals surface area (Å²) in [5.74, 6) is -0.387. The predicted molar refractivity (Wildman–Crippen MR) is 90.2 cm³/mol. The van der Waals surface area contributed by atoms with Crippen LogP contribution in [0.25, 0.3) is 0 Å². The second kappa shape index (κ2) is 7.22.